The molecule has 18 rings (SSSR count). The van der Waals surface area contributed by atoms with Crippen molar-refractivity contribution in [1.29, 1.82) is 0 Å². The monoisotopic (exact) mass is 1360 g/mol. The van der Waals surface area contributed by atoms with E-state index in [0.717, 1.165) is 170 Å². The standard InChI is InChI=1S/C82H74F6N2O6S2/c1-7-9-11-16-20-52(21-17-12-10-8-2)89-72(91)58-34-30-54-56-32-36-60-65-61(37-33-57(63(56)65)55-31-35-59(73(89)92)64(58)62(54)55)75(94)90(74(60)93)53-28-26-51(27-29-53)77-41-46-38-47(42-77)40-76(39-46,43-77)50-24-22-49(23-25-50)71-45(4)67-69-68(78(83,84)82(87,88)79(69,85)86)66-44(3)70(48-18-14-13-15-19-48)97-80(66,95-5)81(67,96-6)98-71/h13-15,18-19,22-37,46-47,52H,7-12,16-17,20-21,38-43H2,1-6H3/t46-,47+,76?,77?,80-,81-/m1/s1. The van der Waals surface area contributed by atoms with Gasteiger partial charge < -0.3 is 9.47 Å². The van der Waals surface area contributed by atoms with Crippen molar-refractivity contribution in [3.63, 3.8) is 0 Å². The molecule has 8 nitrogen and oxygen atoms in total. The number of benzene rings is 8. The van der Waals surface area contributed by atoms with Crippen LogP contribution in [0.4, 0.5) is 32.0 Å². The van der Waals surface area contributed by atoms with Crippen LogP contribution in [0.2, 0.25) is 0 Å². The van der Waals surface area contributed by atoms with E-state index in [1.165, 1.54) is 33.0 Å². The normalized spacial score (nSPS) is 27.1. The minimum absolute atomic E-state index is 0.130. The zero-order valence-corrected chi connectivity index (χ0v) is 57.2. The van der Waals surface area contributed by atoms with Crippen molar-refractivity contribution in [3.8, 4) is 0 Å². The summed E-state index contributed by atoms with van der Waals surface area (Å²) in [4.78, 5) is 59.4. The average Bonchev–Trinajstić information content (AvgIpc) is 1.46. The molecule has 4 aliphatic heterocycles. The first-order valence-corrected chi connectivity index (χ1v) is 36.5. The van der Waals surface area contributed by atoms with Gasteiger partial charge in [0, 0.05) is 85.4 Å². The Balaban J connectivity index is 0.668. The molecule has 4 amide bonds. The number of thioether (sulfide) groups is 2. The van der Waals surface area contributed by atoms with Gasteiger partial charge in [-0.25, -0.2) is 4.90 Å². The molecule has 0 spiro atoms. The SMILES string of the molecule is CCCCCCC(CCCCCC)N1C(=O)c2ccc3c4ccc5c6c(ccc(c7ccc(c2c37)C1=O)c64)C(=O)N(c1ccc(C23C[C@@H]4C[C@@H](CC(c6ccc(C7=C(C)C8=C9C(=C%10C(C)=C(c%11ccccc%11)S[C@@]%10(OC)[C@]8(OC)S7)C(F)(F)C(F)(F)C9(F)F)cc6)(C4)C2)C3)cc1)C5=O. The van der Waals surface area contributed by atoms with Crippen LogP contribution in [-0.4, -0.2) is 76.4 Å². The molecule has 502 valence electrons. The number of nitrogens with zero attached hydrogens (tertiary/aromatic N) is 2. The van der Waals surface area contributed by atoms with E-state index in [1.54, 1.807) is 35.2 Å². The van der Waals surface area contributed by atoms with Crippen LogP contribution in [0.5, 0.6) is 0 Å². The number of unbranched alkanes of at least 4 members (excludes halogenated alkanes) is 6. The van der Waals surface area contributed by atoms with Crippen molar-refractivity contribution in [2.45, 2.75) is 175 Å². The number of hydrogen-bond donors (Lipinski definition) is 0. The fourth-order valence-corrected chi connectivity index (χ4v) is 23.6. The molecule has 0 saturated heterocycles. The Bertz CT molecular complexity index is 4810. The summed E-state index contributed by atoms with van der Waals surface area (Å²) >= 11 is 2.06. The highest BCUT2D eigenvalue weighted by Crippen LogP contribution is 2.78. The molecule has 4 heterocycles. The Kier molecular flexibility index (Phi) is 14.5. The molecule has 2 unspecified atom stereocenters. The highest BCUT2D eigenvalue weighted by atomic mass is 32.2. The summed E-state index contributed by atoms with van der Waals surface area (Å²) in [5.41, 5.74) is 1.88. The van der Waals surface area contributed by atoms with Gasteiger partial charge in [0.15, 0.2) is 9.87 Å². The molecule has 5 fully saturated rings. The maximum atomic E-state index is 16.7. The Labute approximate surface area is 573 Å². The lowest BCUT2D eigenvalue weighted by molar-refractivity contribution is -0.258. The van der Waals surface area contributed by atoms with Crippen molar-refractivity contribution in [1.82, 2.24) is 4.90 Å². The molecule has 16 heteroatoms. The zero-order chi connectivity index (χ0) is 68.1. The highest BCUT2D eigenvalue weighted by molar-refractivity contribution is 8.14. The highest BCUT2D eigenvalue weighted by Gasteiger charge is 2.86. The Morgan fingerprint density at radius 3 is 1.28 bits per heavy atom. The van der Waals surface area contributed by atoms with Crippen LogP contribution in [0.1, 0.15) is 194 Å². The summed E-state index contributed by atoms with van der Waals surface area (Å²) in [6, 6.07) is 39.8. The number of rotatable bonds is 18. The van der Waals surface area contributed by atoms with Gasteiger partial charge in [0.2, 0.25) is 0 Å². The van der Waals surface area contributed by atoms with Crippen LogP contribution in [0.15, 0.2) is 161 Å². The lowest BCUT2D eigenvalue weighted by atomic mass is 9.42. The molecule has 5 saturated carbocycles. The second-order valence-electron chi connectivity index (χ2n) is 29.4. The van der Waals surface area contributed by atoms with Crippen LogP contribution in [0, 0.1) is 11.8 Å². The molecular formula is C82H74F6N2O6S2. The van der Waals surface area contributed by atoms with Gasteiger partial charge in [0.1, 0.15) is 0 Å². The van der Waals surface area contributed by atoms with E-state index < -0.39 is 61.7 Å². The number of carbonyl (C=O) groups excluding carboxylic acids is 4. The van der Waals surface area contributed by atoms with Crippen LogP contribution < -0.4 is 4.90 Å². The van der Waals surface area contributed by atoms with E-state index in [9.17, 15) is 9.59 Å². The number of halogens is 6. The summed E-state index contributed by atoms with van der Waals surface area (Å²) in [5, 5.41) is 6.21. The predicted molar refractivity (Wildman–Crippen MR) is 377 cm³/mol. The number of hydrogen-bond acceptors (Lipinski definition) is 8. The first-order chi connectivity index (χ1) is 47.1. The van der Waals surface area contributed by atoms with E-state index in [4.69, 9.17) is 9.47 Å². The first kappa shape index (κ1) is 63.9. The van der Waals surface area contributed by atoms with E-state index in [-0.39, 0.29) is 39.8 Å². The number of allylic oxidation sites excluding steroid dienone is 2. The molecule has 98 heavy (non-hydrogen) atoms. The molecular weight excluding hydrogens is 1290 g/mol. The van der Waals surface area contributed by atoms with Gasteiger partial charge in [-0.05, 0) is 190 Å². The summed E-state index contributed by atoms with van der Waals surface area (Å²) in [5.74, 6) is -16.8. The average molecular weight is 1360 g/mol. The van der Waals surface area contributed by atoms with E-state index >= 15 is 35.9 Å². The van der Waals surface area contributed by atoms with E-state index in [0.29, 0.717) is 71.5 Å². The largest absolute Gasteiger partial charge is 0.380 e. The summed E-state index contributed by atoms with van der Waals surface area (Å²) in [6.07, 6.45) is 15.8. The molecule has 6 aliphatic carbocycles. The van der Waals surface area contributed by atoms with Gasteiger partial charge in [-0.15, -0.1) is 0 Å². The van der Waals surface area contributed by atoms with Crippen molar-refractivity contribution < 1.29 is 55.0 Å². The molecule has 8 aromatic rings. The number of amides is 4. The van der Waals surface area contributed by atoms with Gasteiger partial charge in [-0.3, -0.25) is 24.1 Å². The first-order valence-electron chi connectivity index (χ1n) is 34.9. The van der Waals surface area contributed by atoms with Crippen LogP contribution in [0.3, 0.4) is 0 Å². The molecule has 4 bridgehead atoms. The Morgan fingerprint density at radius 2 is 0.867 bits per heavy atom. The van der Waals surface area contributed by atoms with Crippen molar-refractivity contribution >= 4 is 106 Å². The third kappa shape index (κ3) is 8.31. The summed E-state index contributed by atoms with van der Waals surface area (Å²) in [6.45, 7) is 7.38. The summed E-state index contributed by atoms with van der Waals surface area (Å²) < 4.78 is 111. The minimum Gasteiger partial charge on any atom is -0.358 e. The second kappa shape index (κ2) is 22.2. The van der Waals surface area contributed by atoms with Gasteiger partial charge in [-0.2, -0.15) is 26.3 Å². The van der Waals surface area contributed by atoms with Crippen LogP contribution in [-0.2, 0) is 20.3 Å². The van der Waals surface area contributed by atoms with Crippen molar-refractivity contribution in [3.05, 3.63) is 205 Å². The fourth-order valence-electron chi connectivity index (χ4n) is 20.3. The Hall–Kier alpha value is -7.50. The number of ether oxygens (including phenoxy) is 2. The smallest absolute Gasteiger partial charge is 0.358 e. The lowest BCUT2D eigenvalue weighted by Gasteiger charge is -2.63. The van der Waals surface area contributed by atoms with Crippen molar-refractivity contribution in [2.24, 2.45) is 11.8 Å². The number of alkyl halides is 6. The molecule has 0 N–H and O–H groups in total. The fraction of sp³-hybridized carbons (Fsp3) is 0.390. The molecule has 0 radical (unpaired) electrons. The van der Waals surface area contributed by atoms with Crippen LogP contribution in [0.25, 0.3) is 52.9 Å². The number of methoxy groups -OCH3 is 2. The van der Waals surface area contributed by atoms with Gasteiger partial charge >= 0.3 is 17.8 Å². The second-order valence-corrected chi connectivity index (χ2v) is 31.8. The summed E-state index contributed by atoms with van der Waals surface area (Å²) in [7, 11) is 2.57. The molecule has 6 atom stereocenters. The van der Waals surface area contributed by atoms with Crippen LogP contribution >= 0.6 is 23.5 Å². The molecule has 8 aromatic carbocycles. The van der Waals surface area contributed by atoms with Crippen molar-refractivity contribution in [2.75, 3.05) is 19.1 Å². The van der Waals surface area contributed by atoms with Gasteiger partial charge in [0.05, 0.1) is 5.69 Å². The Morgan fingerprint density at radius 1 is 0.469 bits per heavy atom. The minimum atomic E-state index is -5.77. The van der Waals surface area contributed by atoms with Gasteiger partial charge in [0.25, 0.3) is 23.6 Å². The third-order valence-electron chi connectivity index (χ3n) is 24.2. The number of carbonyl (C=O) groups is 4. The number of fused-ring (bicyclic) bond motifs is 6. The lowest BCUT2D eigenvalue weighted by Crippen LogP contribution is -2.56. The van der Waals surface area contributed by atoms with E-state index in [1.807, 2.05) is 72.8 Å². The maximum absolute atomic E-state index is 16.7. The topological polar surface area (TPSA) is 93.2 Å². The predicted octanol–water partition coefficient (Wildman–Crippen LogP) is 21.1. The zero-order valence-electron chi connectivity index (χ0n) is 55.6. The quantitative estimate of drug-likeness (QED) is 0.0276. The van der Waals surface area contributed by atoms with E-state index in [2.05, 4.69) is 38.1 Å². The molecule has 10 aliphatic rings. The maximum Gasteiger partial charge on any atom is 0.380 e. The third-order valence-corrected chi connectivity index (χ3v) is 27.7. The van der Waals surface area contributed by atoms with Gasteiger partial charge in [-0.1, -0.05) is 180 Å². The molecule has 0 aromatic heterocycles. The number of imide groups is 2. The number of anilines is 1.